The number of rotatable bonds is 16. The number of methoxy groups -OCH3 is 1. The molecule has 220 valence electrons. The van der Waals surface area contributed by atoms with Gasteiger partial charge >= 0.3 is 0 Å². The van der Waals surface area contributed by atoms with E-state index in [1.807, 2.05) is 36.4 Å². The number of amides is 2. The number of carbonyl (C=O) groups excluding carboxylic acids is 2. The third-order valence-electron chi connectivity index (χ3n) is 7.69. The first kappa shape index (κ1) is 31.3. The molecule has 8 nitrogen and oxygen atoms in total. The van der Waals surface area contributed by atoms with Gasteiger partial charge in [0, 0.05) is 57.1 Å². The van der Waals surface area contributed by atoms with Crippen molar-refractivity contribution < 1.29 is 14.3 Å². The van der Waals surface area contributed by atoms with E-state index in [1.54, 1.807) is 7.11 Å². The Balaban J connectivity index is 1.71. The maximum atomic E-state index is 13.5. The van der Waals surface area contributed by atoms with Crippen molar-refractivity contribution in [3.05, 3.63) is 48.0 Å². The molecule has 0 unspecified atom stereocenters. The molecule has 0 aromatic heterocycles. The summed E-state index contributed by atoms with van der Waals surface area (Å²) in [6, 6.07) is 13.8. The predicted octanol–water partition coefficient (Wildman–Crippen LogP) is 5.39. The van der Waals surface area contributed by atoms with Crippen molar-refractivity contribution in [3.8, 4) is 5.75 Å². The molecule has 8 heteroatoms. The second-order valence-electron chi connectivity index (χ2n) is 10.4. The molecule has 0 radical (unpaired) electrons. The van der Waals surface area contributed by atoms with Gasteiger partial charge in [-0.2, -0.15) is 0 Å². The molecular formula is C32H49N5O3. The minimum Gasteiger partial charge on any atom is -0.495 e. The van der Waals surface area contributed by atoms with Crippen molar-refractivity contribution >= 4 is 28.9 Å². The minimum atomic E-state index is -0.107. The van der Waals surface area contributed by atoms with Gasteiger partial charge in [-0.1, -0.05) is 58.6 Å². The second kappa shape index (κ2) is 16.8. The van der Waals surface area contributed by atoms with Crippen LogP contribution >= 0.6 is 0 Å². The molecule has 40 heavy (non-hydrogen) atoms. The van der Waals surface area contributed by atoms with Crippen LogP contribution in [0.3, 0.4) is 0 Å². The smallest absolute Gasteiger partial charge is 0.253 e. The highest BCUT2D eigenvalue weighted by molar-refractivity contribution is 6.02. The van der Waals surface area contributed by atoms with E-state index in [0.29, 0.717) is 24.2 Å². The van der Waals surface area contributed by atoms with Crippen LogP contribution in [0.4, 0.5) is 17.1 Å². The molecule has 0 bridgehead atoms. The number of nitrogens with zero attached hydrogens (tertiary/aromatic N) is 3. The summed E-state index contributed by atoms with van der Waals surface area (Å²) in [5, 5.41) is 6.14. The quantitative estimate of drug-likeness (QED) is 0.272. The third kappa shape index (κ3) is 9.15. The number of anilines is 3. The van der Waals surface area contributed by atoms with Crippen molar-refractivity contribution in [2.75, 3.05) is 74.6 Å². The van der Waals surface area contributed by atoms with Crippen LogP contribution in [0.5, 0.6) is 5.75 Å². The van der Waals surface area contributed by atoms with Gasteiger partial charge < -0.3 is 30.1 Å². The SMILES string of the molecule is CCCCCCCC(=O)Nc1ccc(N2CCN(c3ccccc3OC)CC2)c(C(=O)NCCN(CC)CC)c1. The topological polar surface area (TPSA) is 77.1 Å². The molecule has 3 rings (SSSR count). The number of para-hydroxylation sites is 2. The van der Waals surface area contributed by atoms with Crippen LogP contribution in [0.15, 0.2) is 42.5 Å². The van der Waals surface area contributed by atoms with Crippen LogP contribution in [-0.4, -0.2) is 76.2 Å². The molecule has 1 heterocycles. The molecule has 0 aliphatic carbocycles. The first-order valence-electron chi connectivity index (χ1n) is 15.1. The Bertz CT molecular complexity index is 1060. The van der Waals surface area contributed by atoms with Gasteiger partial charge in [0.2, 0.25) is 5.91 Å². The average molecular weight is 552 g/mol. The van der Waals surface area contributed by atoms with Crippen molar-refractivity contribution in [2.45, 2.75) is 59.3 Å². The monoisotopic (exact) mass is 551 g/mol. The van der Waals surface area contributed by atoms with Crippen LogP contribution in [0.1, 0.15) is 69.7 Å². The summed E-state index contributed by atoms with van der Waals surface area (Å²) in [6.45, 7) is 12.9. The zero-order valence-corrected chi connectivity index (χ0v) is 25.0. The number of ether oxygens (including phenoxy) is 1. The van der Waals surface area contributed by atoms with Crippen molar-refractivity contribution in [2.24, 2.45) is 0 Å². The van der Waals surface area contributed by atoms with Crippen LogP contribution in [0.2, 0.25) is 0 Å². The molecular weight excluding hydrogens is 502 g/mol. The van der Waals surface area contributed by atoms with Crippen LogP contribution in [0.25, 0.3) is 0 Å². The third-order valence-corrected chi connectivity index (χ3v) is 7.69. The Kier molecular flexibility index (Phi) is 13.1. The van der Waals surface area contributed by atoms with Crippen molar-refractivity contribution in [3.63, 3.8) is 0 Å². The van der Waals surface area contributed by atoms with Crippen molar-refractivity contribution in [1.82, 2.24) is 10.2 Å². The van der Waals surface area contributed by atoms with Gasteiger partial charge in [-0.15, -0.1) is 0 Å². The summed E-state index contributed by atoms with van der Waals surface area (Å²) in [7, 11) is 1.70. The number of likely N-dealkylation sites (N-methyl/N-ethyl adjacent to an activating group) is 1. The predicted molar refractivity (Wildman–Crippen MR) is 166 cm³/mol. The maximum absolute atomic E-state index is 13.5. The van der Waals surface area contributed by atoms with E-state index in [9.17, 15) is 9.59 Å². The molecule has 2 aromatic carbocycles. The van der Waals surface area contributed by atoms with Gasteiger partial charge in [-0.05, 0) is 49.8 Å². The largest absolute Gasteiger partial charge is 0.495 e. The highest BCUT2D eigenvalue weighted by Crippen LogP contribution is 2.31. The molecule has 1 saturated heterocycles. The van der Waals surface area contributed by atoms with E-state index >= 15 is 0 Å². The molecule has 2 amide bonds. The van der Waals surface area contributed by atoms with Crippen LogP contribution < -0.4 is 25.2 Å². The van der Waals surface area contributed by atoms with Gasteiger partial charge in [0.05, 0.1) is 18.4 Å². The lowest BCUT2D eigenvalue weighted by Crippen LogP contribution is -2.47. The highest BCUT2D eigenvalue weighted by atomic mass is 16.5. The summed E-state index contributed by atoms with van der Waals surface area (Å²) in [4.78, 5) is 32.9. The van der Waals surface area contributed by atoms with E-state index < -0.39 is 0 Å². The normalized spacial score (nSPS) is 13.4. The fourth-order valence-electron chi connectivity index (χ4n) is 5.23. The lowest BCUT2D eigenvalue weighted by Gasteiger charge is -2.38. The standard InChI is InChI=1S/C32H49N5O3/c1-5-8-9-10-11-16-31(38)34-26-17-18-28(27(25-26)32(39)33-19-20-35(6-2)7-3)36-21-23-37(24-22-36)29-14-12-13-15-30(29)40-4/h12-15,17-18,25H,5-11,16,19-24H2,1-4H3,(H,33,39)(H,34,38). The Hall–Kier alpha value is -3.26. The molecule has 2 aromatic rings. The van der Waals surface area contributed by atoms with Gasteiger partial charge in [0.25, 0.3) is 5.91 Å². The second-order valence-corrected chi connectivity index (χ2v) is 10.4. The number of hydrogen-bond acceptors (Lipinski definition) is 6. The number of benzene rings is 2. The molecule has 1 aliphatic heterocycles. The first-order valence-corrected chi connectivity index (χ1v) is 15.1. The van der Waals surface area contributed by atoms with E-state index in [0.717, 1.165) is 75.8 Å². The number of nitrogens with one attached hydrogen (secondary N) is 2. The Labute approximate surface area is 241 Å². The zero-order valence-electron chi connectivity index (χ0n) is 25.0. The summed E-state index contributed by atoms with van der Waals surface area (Å²) in [5.74, 6) is 0.766. The van der Waals surface area contributed by atoms with E-state index in [4.69, 9.17) is 4.74 Å². The van der Waals surface area contributed by atoms with E-state index in [1.165, 1.54) is 19.3 Å². The van der Waals surface area contributed by atoms with Gasteiger partial charge in [0.1, 0.15) is 5.75 Å². The number of piperazine rings is 1. The van der Waals surface area contributed by atoms with Gasteiger partial charge in [0.15, 0.2) is 0 Å². The fraction of sp³-hybridized carbons (Fsp3) is 0.562. The summed E-state index contributed by atoms with van der Waals surface area (Å²) in [5.41, 5.74) is 3.26. The van der Waals surface area contributed by atoms with Crippen LogP contribution in [-0.2, 0) is 4.79 Å². The molecule has 1 aliphatic rings. The molecule has 0 atom stereocenters. The molecule has 1 fully saturated rings. The number of hydrogen-bond donors (Lipinski definition) is 2. The van der Waals surface area contributed by atoms with E-state index in [-0.39, 0.29) is 11.8 Å². The Morgan fingerprint density at radius 3 is 2.23 bits per heavy atom. The van der Waals surface area contributed by atoms with Crippen LogP contribution in [0, 0.1) is 0 Å². The summed E-state index contributed by atoms with van der Waals surface area (Å²) < 4.78 is 5.57. The maximum Gasteiger partial charge on any atom is 0.253 e. The average Bonchev–Trinajstić information content (AvgIpc) is 2.99. The Morgan fingerprint density at radius 2 is 1.55 bits per heavy atom. The molecule has 0 spiro atoms. The highest BCUT2D eigenvalue weighted by Gasteiger charge is 2.24. The fourth-order valence-corrected chi connectivity index (χ4v) is 5.23. The number of unbranched alkanes of at least 4 members (excludes halogenated alkanes) is 4. The lowest BCUT2D eigenvalue weighted by atomic mass is 10.1. The summed E-state index contributed by atoms with van der Waals surface area (Å²) in [6.07, 6.45) is 6.03. The zero-order chi connectivity index (χ0) is 28.7. The lowest BCUT2D eigenvalue weighted by molar-refractivity contribution is -0.116. The van der Waals surface area contributed by atoms with Gasteiger partial charge in [-0.25, -0.2) is 0 Å². The van der Waals surface area contributed by atoms with Crippen molar-refractivity contribution in [1.29, 1.82) is 0 Å². The first-order chi connectivity index (χ1) is 19.5. The Morgan fingerprint density at radius 1 is 0.875 bits per heavy atom. The molecule has 0 saturated carbocycles. The van der Waals surface area contributed by atoms with E-state index in [2.05, 4.69) is 52.2 Å². The van der Waals surface area contributed by atoms with Gasteiger partial charge in [-0.3, -0.25) is 9.59 Å². The minimum absolute atomic E-state index is 0.00237. The molecule has 2 N–H and O–H groups in total. The summed E-state index contributed by atoms with van der Waals surface area (Å²) >= 11 is 0. The number of carbonyl (C=O) groups is 2.